The van der Waals surface area contributed by atoms with E-state index in [2.05, 4.69) is 15.3 Å². The average Bonchev–Trinajstić information content (AvgIpc) is 3.21. The minimum atomic E-state index is -0.442. The maximum absolute atomic E-state index is 12.1. The largest absolute Gasteiger partial charge is 0.456 e. The molecule has 2 aromatic rings. The summed E-state index contributed by atoms with van der Waals surface area (Å²) in [5.74, 6) is 0.950. The standard InChI is InChI=1S/C17H24N4O3/c1-13-3-4-16(24-13)17(23)19-14-5-9-20(10-6-14)11-15(22)12-21-8-2-7-18-21/h2-4,7-8,14-15,22H,5-6,9-12H2,1H3,(H,19,23). The smallest absolute Gasteiger partial charge is 0.287 e. The highest BCUT2D eigenvalue weighted by Crippen LogP contribution is 2.13. The number of aromatic nitrogens is 2. The number of carbonyl (C=O) groups excluding carboxylic acids is 1. The lowest BCUT2D eigenvalue weighted by molar-refractivity contribution is 0.0741. The van der Waals surface area contributed by atoms with E-state index in [4.69, 9.17) is 4.42 Å². The number of aliphatic hydroxyl groups excluding tert-OH is 1. The number of rotatable bonds is 6. The molecule has 0 bridgehead atoms. The van der Waals surface area contributed by atoms with Gasteiger partial charge in [-0.05, 0) is 38.0 Å². The summed E-state index contributed by atoms with van der Waals surface area (Å²) in [7, 11) is 0. The molecule has 24 heavy (non-hydrogen) atoms. The molecule has 1 aliphatic heterocycles. The van der Waals surface area contributed by atoms with Crippen LogP contribution in [0.3, 0.4) is 0 Å². The number of β-amino-alcohol motifs (C(OH)–C–C–N with tert-alkyl or cyclic N) is 1. The molecule has 0 spiro atoms. The zero-order valence-corrected chi connectivity index (χ0v) is 13.9. The number of aryl methyl sites for hydroxylation is 1. The molecule has 0 aromatic carbocycles. The molecule has 2 N–H and O–H groups in total. The molecular formula is C17H24N4O3. The van der Waals surface area contributed by atoms with Crippen molar-refractivity contribution in [3.8, 4) is 0 Å². The summed E-state index contributed by atoms with van der Waals surface area (Å²) in [5, 5.41) is 17.3. The van der Waals surface area contributed by atoms with E-state index in [9.17, 15) is 9.90 Å². The van der Waals surface area contributed by atoms with Gasteiger partial charge in [0.15, 0.2) is 5.76 Å². The molecule has 7 heteroatoms. The minimum absolute atomic E-state index is 0.153. The number of hydrogen-bond donors (Lipinski definition) is 2. The quantitative estimate of drug-likeness (QED) is 0.826. The highest BCUT2D eigenvalue weighted by Gasteiger charge is 2.23. The van der Waals surface area contributed by atoms with Crippen LogP contribution >= 0.6 is 0 Å². The maximum atomic E-state index is 12.1. The number of nitrogens with one attached hydrogen (secondary N) is 1. The Kier molecular flexibility index (Phi) is 5.32. The summed E-state index contributed by atoms with van der Waals surface area (Å²) in [5.41, 5.74) is 0. The van der Waals surface area contributed by atoms with Crippen LogP contribution in [0.5, 0.6) is 0 Å². The third-order valence-corrected chi connectivity index (χ3v) is 4.31. The Hall–Kier alpha value is -2.12. The SMILES string of the molecule is Cc1ccc(C(=O)NC2CCN(CC(O)Cn3cccn3)CC2)o1. The first kappa shape index (κ1) is 16.7. The number of hydrogen-bond acceptors (Lipinski definition) is 5. The van der Waals surface area contributed by atoms with E-state index in [1.165, 1.54) is 0 Å². The van der Waals surface area contributed by atoms with Crippen LogP contribution in [0.15, 0.2) is 35.0 Å². The van der Waals surface area contributed by atoms with E-state index in [0.717, 1.165) is 31.7 Å². The van der Waals surface area contributed by atoms with Crippen LogP contribution in [-0.2, 0) is 6.54 Å². The summed E-state index contributed by atoms with van der Waals surface area (Å²) >= 11 is 0. The van der Waals surface area contributed by atoms with Gasteiger partial charge in [0, 0.05) is 38.1 Å². The van der Waals surface area contributed by atoms with Gasteiger partial charge in [-0.3, -0.25) is 9.48 Å². The number of nitrogens with zero attached hydrogens (tertiary/aromatic N) is 3. The van der Waals surface area contributed by atoms with E-state index in [-0.39, 0.29) is 11.9 Å². The van der Waals surface area contributed by atoms with Crippen LogP contribution in [0, 0.1) is 6.92 Å². The summed E-state index contributed by atoms with van der Waals surface area (Å²) in [4.78, 5) is 14.3. The van der Waals surface area contributed by atoms with Crippen LogP contribution < -0.4 is 5.32 Å². The first-order valence-electron chi connectivity index (χ1n) is 8.35. The van der Waals surface area contributed by atoms with Crippen molar-refractivity contribution in [3.05, 3.63) is 42.1 Å². The molecule has 2 aromatic heterocycles. The van der Waals surface area contributed by atoms with Crippen LogP contribution in [0.1, 0.15) is 29.2 Å². The third kappa shape index (κ3) is 4.46. The second-order valence-electron chi connectivity index (χ2n) is 6.34. The van der Waals surface area contributed by atoms with Crippen molar-refractivity contribution in [1.82, 2.24) is 20.0 Å². The Morgan fingerprint density at radius 1 is 1.42 bits per heavy atom. The Morgan fingerprint density at radius 2 is 2.21 bits per heavy atom. The fraction of sp³-hybridized carbons (Fsp3) is 0.529. The number of carbonyl (C=O) groups is 1. The molecule has 1 atom stereocenters. The fourth-order valence-corrected chi connectivity index (χ4v) is 3.05. The van der Waals surface area contributed by atoms with Crippen LogP contribution in [-0.4, -0.2) is 57.5 Å². The Balaban J connectivity index is 1.40. The number of piperidine rings is 1. The van der Waals surface area contributed by atoms with E-state index in [1.807, 2.05) is 19.2 Å². The molecule has 7 nitrogen and oxygen atoms in total. The zero-order chi connectivity index (χ0) is 16.9. The Labute approximate surface area is 141 Å². The predicted octanol–water partition coefficient (Wildman–Crippen LogP) is 1.04. The average molecular weight is 332 g/mol. The molecule has 0 aliphatic carbocycles. The van der Waals surface area contributed by atoms with Crippen molar-refractivity contribution < 1.29 is 14.3 Å². The molecule has 3 rings (SSSR count). The second kappa shape index (κ2) is 7.63. The minimum Gasteiger partial charge on any atom is -0.456 e. The van der Waals surface area contributed by atoms with E-state index in [1.54, 1.807) is 23.0 Å². The molecular weight excluding hydrogens is 308 g/mol. The van der Waals surface area contributed by atoms with Gasteiger partial charge in [-0.15, -0.1) is 0 Å². The van der Waals surface area contributed by atoms with Gasteiger partial charge in [0.2, 0.25) is 0 Å². The Morgan fingerprint density at radius 3 is 2.83 bits per heavy atom. The predicted molar refractivity (Wildman–Crippen MR) is 88.6 cm³/mol. The number of furan rings is 1. The molecule has 1 fully saturated rings. The highest BCUT2D eigenvalue weighted by molar-refractivity contribution is 5.91. The van der Waals surface area contributed by atoms with Crippen molar-refractivity contribution in [2.75, 3.05) is 19.6 Å². The lowest BCUT2D eigenvalue weighted by Gasteiger charge is -2.33. The van der Waals surface area contributed by atoms with Gasteiger partial charge in [0.1, 0.15) is 5.76 Å². The monoisotopic (exact) mass is 332 g/mol. The molecule has 0 saturated carbocycles. The Bertz CT molecular complexity index is 645. The van der Waals surface area contributed by atoms with Gasteiger partial charge in [0.05, 0.1) is 12.6 Å². The number of amides is 1. The molecule has 0 radical (unpaired) electrons. The zero-order valence-electron chi connectivity index (χ0n) is 13.9. The van der Waals surface area contributed by atoms with Crippen LogP contribution in [0.4, 0.5) is 0 Å². The fourth-order valence-electron chi connectivity index (χ4n) is 3.05. The molecule has 1 unspecified atom stereocenters. The molecule has 1 aliphatic rings. The van der Waals surface area contributed by atoms with E-state index in [0.29, 0.717) is 18.8 Å². The van der Waals surface area contributed by atoms with Crippen molar-refractivity contribution in [2.45, 2.75) is 38.5 Å². The summed E-state index contributed by atoms with van der Waals surface area (Å²) in [6.07, 6.45) is 4.87. The molecule has 130 valence electrons. The van der Waals surface area contributed by atoms with Crippen LogP contribution in [0.2, 0.25) is 0 Å². The number of aliphatic hydroxyl groups is 1. The molecule has 1 amide bonds. The molecule has 1 saturated heterocycles. The van der Waals surface area contributed by atoms with E-state index < -0.39 is 6.10 Å². The first-order valence-corrected chi connectivity index (χ1v) is 8.35. The lowest BCUT2D eigenvalue weighted by atomic mass is 10.0. The second-order valence-corrected chi connectivity index (χ2v) is 6.34. The van der Waals surface area contributed by atoms with Crippen molar-refractivity contribution in [1.29, 1.82) is 0 Å². The summed E-state index contributed by atoms with van der Waals surface area (Å²) < 4.78 is 7.09. The van der Waals surface area contributed by atoms with Gasteiger partial charge in [0.25, 0.3) is 5.91 Å². The van der Waals surface area contributed by atoms with Crippen molar-refractivity contribution in [2.24, 2.45) is 0 Å². The third-order valence-electron chi connectivity index (χ3n) is 4.31. The first-order chi connectivity index (χ1) is 11.6. The van der Waals surface area contributed by atoms with Gasteiger partial charge in [-0.1, -0.05) is 0 Å². The normalized spacial score (nSPS) is 17.8. The van der Waals surface area contributed by atoms with Crippen LogP contribution in [0.25, 0.3) is 0 Å². The summed E-state index contributed by atoms with van der Waals surface area (Å²) in [6, 6.07) is 5.49. The highest BCUT2D eigenvalue weighted by atomic mass is 16.3. The maximum Gasteiger partial charge on any atom is 0.287 e. The van der Waals surface area contributed by atoms with Gasteiger partial charge in [-0.25, -0.2) is 0 Å². The van der Waals surface area contributed by atoms with E-state index >= 15 is 0 Å². The molecule has 3 heterocycles. The van der Waals surface area contributed by atoms with Gasteiger partial charge < -0.3 is 19.7 Å². The summed E-state index contributed by atoms with van der Waals surface area (Å²) in [6.45, 7) is 4.67. The topological polar surface area (TPSA) is 83.5 Å². The van der Waals surface area contributed by atoms with Crippen molar-refractivity contribution >= 4 is 5.91 Å². The van der Waals surface area contributed by atoms with Crippen molar-refractivity contribution in [3.63, 3.8) is 0 Å². The van der Waals surface area contributed by atoms with Gasteiger partial charge >= 0.3 is 0 Å². The van der Waals surface area contributed by atoms with Gasteiger partial charge in [-0.2, -0.15) is 5.10 Å². The number of likely N-dealkylation sites (tertiary alicyclic amines) is 1. The lowest BCUT2D eigenvalue weighted by Crippen LogP contribution is -2.46.